The van der Waals surface area contributed by atoms with Crippen molar-refractivity contribution < 1.29 is 27.6 Å². The molecule has 0 fully saturated rings. The Morgan fingerprint density at radius 3 is 2.36 bits per heavy atom. The summed E-state index contributed by atoms with van der Waals surface area (Å²) >= 11 is 0. The zero-order valence-corrected chi connectivity index (χ0v) is 20.9. The molecule has 0 aliphatic rings. The number of non-ortho nitro benzene ring substituents is 1. The first-order chi connectivity index (χ1) is 17.1. The van der Waals surface area contributed by atoms with Crippen molar-refractivity contribution in [2.24, 2.45) is 0 Å². The fourth-order valence-electron chi connectivity index (χ4n) is 3.44. The van der Waals surface area contributed by atoms with Crippen molar-refractivity contribution in [3.8, 4) is 11.5 Å². The van der Waals surface area contributed by atoms with Crippen LogP contribution in [-0.4, -0.2) is 45.8 Å². The van der Waals surface area contributed by atoms with E-state index >= 15 is 0 Å². The van der Waals surface area contributed by atoms with Crippen molar-refractivity contribution in [2.75, 3.05) is 30.8 Å². The molecule has 36 heavy (non-hydrogen) atoms. The van der Waals surface area contributed by atoms with Crippen LogP contribution in [0.3, 0.4) is 0 Å². The number of nitrogens with one attached hydrogen (secondary N) is 1. The van der Waals surface area contributed by atoms with Gasteiger partial charge in [0.05, 0.1) is 31.4 Å². The molecule has 0 heterocycles. The molecular weight excluding hydrogens is 486 g/mol. The maximum absolute atomic E-state index is 12.6. The number of carbonyl (C=O) groups is 1. The molecule has 0 aliphatic heterocycles. The summed E-state index contributed by atoms with van der Waals surface area (Å²) in [7, 11) is -2.47. The Morgan fingerprint density at radius 1 is 1.06 bits per heavy atom. The van der Waals surface area contributed by atoms with E-state index in [9.17, 15) is 23.3 Å². The monoisotopic (exact) mass is 513 g/mol. The first kappa shape index (κ1) is 26.5. The van der Waals surface area contributed by atoms with E-state index in [2.05, 4.69) is 5.32 Å². The van der Waals surface area contributed by atoms with Gasteiger partial charge in [0.1, 0.15) is 23.8 Å². The number of rotatable bonds is 11. The number of sulfonamides is 1. The highest BCUT2D eigenvalue weighted by atomic mass is 32.2. The highest BCUT2D eigenvalue weighted by Crippen LogP contribution is 2.34. The third kappa shape index (κ3) is 6.72. The average Bonchev–Trinajstić information content (AvgIpc) is 2.85. The number of aryl methyl sites for hydroxylation is 1. The third-order valence-electron chi connectivity index (χ3n) is 5.32. The van der Waals surface area contributed by atoms with Gasteiger partial charge in [-0.3, -0.25) is 19.2 Å². The lowest BCUT2D eigenvalue weighted by Gasteiger charge is -2.24. The van der Waals surface area contributed by atoms with Gasteiger partial charge in [-0.25, -0.2) is 8.42 Å². The Bertz CT molecular complexity index is 1340. The Labute approximate surface area is 209 Å². The molecule has 190 valence electrons. The van der Waals surface area contributed by atoms with Crippen molar-refractivity contribution in [2.45, 2.75) is 13.5 Å². The van der Waals surface area contributed by atoms with Crippen LogP contribution in [0.2, 0.25) is 0 Å². The fraction of sp³-hybridized carbons (Fsp3) is 0.240. The van der Waals surface area contributed by atoms with Gasteiger partial charge >= 0.3 is 0 Å². The van der Waals surface area contributed by atoms with Gasteiger partial charge in [0.2, 0.25) is 10.0 Å². The second-order valence-corrected chi connectivity index (χ2v) is 9.86. The van der Waals surface area contributed by atoms with Crippen LogP contribution in [0.5, 0.6) is 11.5 Å². The van der Waals surface area contributed by atoms with Gasteiger partial charge in [-0.05, 0) is 42.3 Å². The maximum Gasteiger partial charge on any atom is 0.271 e. The molecule has 0 aliphatic carbocycles. The number of carbonyl (C=O) groups excluding carboxylic acids is 1. The third-order valence-corrected chi connectivity index (χ3v) is 6.45. The van der Waals surface area contributed by atoms with Crippen LogP contribution < -0.4 is 19.1 Å². The number of hydrogen-bond acceptors (Lipinski definition) is 7. The number of nitro groups is 1. The standard InChI is InChI=1S/C25H27N3O7S/c1-18-6-4-5-7-23(18)35-15-14-26-25(29)20-10-8-19(9-11-20)17-27(36(3,32)33)22-16-21(28(30)31)12-13-24(22)34-2/h4-13,16H,14-15,17H2,1-3H3,(H,26,29). The van der Waals surface area contributed by atoms with Crippen LogP contribution in [-0.2, 0) is 16.6 Å². The highest BCUT2D eigenvalue weighted by molar-refractivity contribution is 7.92. The zero-order chi connectivity index (χ0) is 26.3. The van der Waals surface area contributed by atoms with Crippen LogP contribution >= 0.6 is 0 Å². The first-order valence-corrected chi connectivity index (χ1v) is 12.8. The SMILES string of the molecule is COc1ccc([N+](=O)[O-])cc1N(Cc1ccc(C(=O)NCCOc2ccccc2C)cc1)S(C)(=O)=O. The molecule has 3 aromatic rings. The zero-order valence-electron chi connectivity index (χ0n) is 20.1. The number of hydrogen-bond donors (Lipinski definition) is 1. The number of anilines is 1. The Balaban J connectivity index is 1.68. The molecule has 1 amide bonds. The molecule has 3 rings (SSSR count). The minimum Gasteiger partial charge on any atom is -0.495 e. The number of benzene rings is 3. The van der Waals surface area contributed by atoms with E-state index in [0.29, 0.717) is 24.3 Å². The molecule has 0 bridgehead atoms. The summed E-state index contributed by atoms with van der Waals surface area (Å²) in [6, 6.07) is 17.8. The summed E-state index contributed by atoms with van der Waals surface area (Å²) in [6.45, 7) is 2.45. The summed E-state index contributed by atoms with van der Waals surface area (Å²) in [5.74, 6) is 0.636. The highest BCUT2D eigenvalue weighted by Gasteiger charge is 2.24. The molecule has 0 unspecified atom stereocenters. The van der Waals surface area contributed by atoms with E-state index < -0.39 is 14.9 Å². The molecule has 0 saturated heterocycles. The summed E-state index contributed by atoms with van der Waals surface area (Å²) in [6.07, 6.45) is 1.01. The van der Waals surface area contributed by atoms with Crippen molar-refractivity contribution in [1.82, 2.24) is 5.32 Å². The van der Waals surface area contributed by atoms with Crippen LogP contribution in [0.1, 0.15) is 21.5 Å². The molecule has 0 saturated carbocycles. The largest absolute Gasteiger partial charge is 0.495 e. The Kier molecular flexibility index (Phi) is 8.49. The molecule has 11 heteroatoms. The van der Waals surface area contributed by atoms with Gasteiger partial charge < -0.3 is 14.8 Å². The van der Waals surface area contributed by atoms with Crippen LogP contribution in [0, 0.1) is 17.0 Å². The predicted octanol–water partition coefficient (Wildman–Crippen LogP) is 3.69. The van der Waals surface area contributed by atoms with Gasteiger partial charge in [0, 0.05) is 17.7 Å². The van der Waals surface area contributed by atoms with Gasteiger partial charge in [0.15, 0.2) is 0 Å². The van der Waals surface area contributed by atoms with Crippen molar-refractivity contribution in [3.63, 3.8) is 0 Å². The minimum atomic E-state index is -3.82. The number of nitrogens with zero attached hydrogens (tertiary/aromatic N) is 2. The first-order valence-electron chi connectivity index (χ1n) is 11.0. The quantitative estimate of drug-likeness (QED) is 0.235. The van der Waals surface area contributed by atoms with Gasteiger partial charge in [0.25, 0.3) is 11.6 Å². The predicted molar refractivity (Wildman–Crippen MR) is 136 cm³/mol. The summed E-state index contributed by atoms with van der Waals surface area (Å²) in [5, 5.41) is 14.0. The topological polar surface area (TPSA) is 128 Å². The second-order valence-electron chi connectivity index (χ2n) is 7.95. The minimum absolute atomic E-state index is 0.0460. The summed E-state index contributed by atoms with van der Waals surface area (Å²) in [4.78, 5) is 23.1. The van der Waals surface area contributed by atoms with Gasteiger partial charge in [-0.2, -0.15) is 0 Å². The van der Waals surface area contributed by atoms with Crippen LogP contribution in [0.15, 0.2) is 66.7 Å². The Hall–Kier alpha value is -4.12. The van der Waals surface area contributed by atoms with E-state index in [1.54, 1.807) is 24.3 Å². The average molecular weight is 514 g/mol. The van der Waals surface area contributed by atoms with Crippen molar-refractivity contribution in [3.05, 3.63) is 93.5 Å². The number of nitro benzene ring substituents is 1. The van der Waals surface area contributed by atoms with E-state index in [1.165, 1.54) is 19.2 Å². The Morgan fingerprint density at radius 2 is 1.75 bits per heavy atom. The molecule has 1 N–H and O–H groups in total. The van der Waals surface area contributed by atoms with Crippen molar-refractivity contribution in [1.29, 1.82) is 0 Å². The summed E-state index contributed by atoms with van der Waals surface area (Å²) in [5.41, 5.74) is 1.76. The lowest BCUT2D eigenvalue weighted by Crippen LogP contribution is -2.30. The number of para-hydroxylation sites is 1. The second kappa shape index (κ2) is 11.5. The van der Waals surface area contributed by atoms with E-state index in [1.807, 2.05) is 31.2 Å². The lowest BCUT2D eigenvalue weighted by molar-refractivity contribution is -0.384. The number of methoxy groups -OCH3 is 1. The van der Waals surface area contributed by atoms with Gasteiger partial charge in [-0.1, -0.05) is 30.3 Å². The summed E-state index contributed by atoms with van der Waals surface area (Å²) < 4.78 is 37.0. The molecule has 0 atom stereocenters. The van der Waals surface area contributed by atoms with Crippen LogP contribution in [0.4, 0.5) is 11.4 Å². The van der Waals surface area contributed by atoms with E-state index in [4.69, 9.17) is 9.47 Å². The molecule has 0 spiro atoms. The van der Waals surface area contributed by atoms with Crippen LogP contribution in [0.25, 0.3) is 0 Å². The molecule has 0 aromatic heterocycles. The molecule has 10 nitrogen and oxygen atoms in total. The maximum atomic E-state index is 12.6. The molecule has 3 aromatic carbocycles. The fourth-order valence-corrected chi connectivity index (χ4v) is 4.32. The normalized spacial score (nSPS) is 11.0. The number of ether oxygens (including phenoxy) is 2. The molecular formula is C25H27N3O7S. The van der Waals surface area contributed by atoms with E-state index in [-0.39, 0.29) is 29.6 Å². The van der Waals surface area contributed by atoms with Gasteiger partial charge in [-0.15, -0.1) is 0 Å². The lowest BCUT2D eigenvalue weighted by atomic mass is 10.1. The molecule has 0 radical (unpaired) electrons. The van der Waals surface area contributed by atoms with Crippen molar-refractivity contribution >= 4 is 27.3 Å². The van der Waals surface area contributed by atoms with E-state index in [0.717, 1.165) is 27.9 Å². The smallest absolute Gasteiger partial charge is 0.271 e. The number of amides is 1.